The van der Waals surface area contributed by atoms with Gasteiger partial charge in [0.15, 0.2) is 0 Å². The molecule has 1 N–H and O–H groups in total. The highest BCUT2D eigenvalue weighted by Gasteiger charge is 2.09. The highest BCUT2D eigenvalue weighted by Crippen LogP contribution is 2.27. The van der Waals surface area contributed by atoms with Crippen LogP contribution in [0.25, 0.3) is 11.3 Å². The van der Waals surface area contributed by atoms with E-state index in [-0.39, 0.29) is 0 Å². The molecule has 0 radical (unpaired) electrons. The highest BCUT2D eigenvalue weighted by atomic mass is 15.1. The SMILES string of the molecule is Cc1cc(C)c(-c2ccc(CN(C)C)[nH]2)c(C)c1. The molecule has 96 valence electrons. The number of aromatic nitrogens is 1. The van der Waals surface area contributed by atoms with Crippen LogP contribution in [0.15, 0.2) is 24.3 Å². The van der Waals surface area contributed by atoms with E-state index in [1.807, 2.05) is 0 Å². The Morgan fingerprint density at radius 3 is 2.17 bits per heavy atom. The van der Waals surface area contributed by atoms with Crippen LogP contribution in [0.5, 0.6) is 0 Å². The van der Waals surface area contributed by atoms with Gasteiger partial charge in [0.1, 0.15) is 0 Å². The molecule has 1 aromatic carbocycles. The zero-order valence-electron chi connectivity index (χ0n) is 12.0. The molecule has 2 nitrogen and oxygen atoms in total. The van der Waals surface area contributed by atoms with Crippen molar-refractivity contribution in [3.63, 3.8) is 0 Å². The number of benzene rings is 1. The Bertz CT molecular complexity index is 527. The summed E-state index contributed by atoms with van der Waals surface area (Å²) in [7, 11) is 4.17. The van der Waals surface area contributed by atoms with Crippen LogP contribution in [0, 0.1) is 20.8 Å². The number of nitrogens with zero attached hydrogens (tertiary/aromatic N) is 1. The molecule has 0 amide bonds. The van der Waals surface area contributed by atoms with Crippen molar-refractivity contribution in [3.05, 3.63) is 46.6 Å². The molecule has 0 spiro atoms. The monoisotopic (exact) mass is 242 g/mol. The molecule has 2 heteroatoms. The molecule has 0 aliphatic carbocycles. The maximum Gasteiger partial charge on any atom is 0.0461 e. The van der Waals surface area contributed by atoms with Crippen molar-refractivity contribution in [2.24, 2.45) is 0 Å². The average Bonchev–Trinajstić information content (AvgIpc) is 2.63. The standard InChI is InChI=1S/C16H22N2/c1-11-8-12(2)16(13(3)9-11)15-7-6-14(17-15)10-18(4)5/h6-9,17H,10H2,1-5H3. The van der Waals surface area contributed by atoms with E-state index in [0.717, 1.165) is 6.54 Å². The first-order chi connectivity index (χ1) is 8.47. The lowest BCUT2D eigenvalue weighted by Gasteiger charge is -2.10. The summed E-state index contributed by atoms with van der Waals surface area (Å²) >= 11 is 0. The van der Waals surface area contributed by atoms with Gasteiger partial charge in [0.25, 0.3) is 0 Å². The van der Waals surface area contributed by atoms with Crippen LogP contribution in [-0.2, 0) is 6.54 Å². The minimum Gasteiger partial charge on any atom is -0.357 e. The third-order valence-electron chi connectivity index (χ3n) is 3.18. The third-order valence-corrected chi connectivity index (χ3v) is 3.18. The zero-order chi connectivity index (χ0) is 13.3. The maximum absolute atomic E-state index is 3.52. The number of hydrogen-bond donors (Lipinski definition) is 1. The van der Waals surface area contributed by atoms with Crippen LogP contribution >= 0.6 is 0 Å². The Balaban J connectivity index is 2.40. The van der Waals surface area contributed by atoms with Gasteiger partial charge >= 0.3 is 0 Å². The first-order valence-electron chi connectivity index (χ1n) is 6.38. The van der Waals surface area contributed by atoms with Gasteiger partial charge in [-0.05, 0) is 58.1 Å². The molecule has 2 rings (SSSR count). The van der Waals surface area contributed by atoms with E-state index in [2.05, 4.69) is 69.0 Å². The molecular formula is C16H22N2. The average molecular weight is 242 g/mol. The molecule has 0 unspecified atom stereocenters. The second-order valence-electron chi connectivity index (χ2n) is 5.41. The lowest BCUT2D eigenvalue weighted by atomic mass is 9.98. The third kappa shape index (κ3) is 2.65. The fourth-order valence-corrected chi connectivity index (χ4v) is 2.62. The lowest BCUT2D eigenvalue weighted by molar-refractivity contribution is 0.398. The molecule has 0 fully saturated rings. The summed E-state index contributed by atoms with van der Waals surface area (Å²) in [5.41, 5.74) is 7.83. The van der Waals surface area contributed by atoms with Crippen molar-refractivity contribution in [1.29, 1.82) is 0 Å². The van der Waals surface area contributed by atoms with Crippen LogP contribution in [0.4, 0.5) is 0 Å². The number of aromatic amines is 1. The van der Waals surface area contributed by atoms with E-state index in [9.17, 15) is 0 Å². The number of hydrogen-bond acceptors (Lipinski definition) is 1. The molecule has 0 aliphatic rings. The molecule has 1 heterocycles. The summed E-state index contributed by atoms with van der Waals surface area (Å²) < 4.78 is 0. The number of H-pyrrole nitrogens is 1. The summed E-state index contributed by atoms with van der Waals surface area (Å²) in [6, 6.07) is 8.85. The molecule has 0 saturated carbocycles. The summed E-state index contributed by atoms with van der Waals surface area (Å²) in [5, 5.41) is 0. The smallest absolute Gasteiger partial charge is 0.0461 e. The summed E-state index contributed by atoms with van der Waals surface area (Å²) in [4.78, 5) is 5.69. The normalized spacial score (nSPS) is 11.2. The first-order valence-corrected chi connectivity index (χ1v) is 6.38. The Kier molecular flexibility index (Phi) is 3.58. The van der Waals surface area contributed by atoms with E-state index in [0.29, 0.717) is 0 Å². The molecular weight excluding hydrogens is 220 g/mol. The van der Waals surface area contributed by atoms with E-state index in [4.69, 9.17) is 0 Å². The number of nitrogens with one attached hydrogen (secondary N) is 1. The van der Waals surface area contributed by atoms with E-state index in [1.165, 1.54) is 33.6 Å². The Morgan fingerprint density at radius 1 is 1.00 bits per heavy atom. The quantitative estimate of drug-likeness (QED) is 0.870. The molecule has 0 saturated heterocycles. The molecule has 0 bridgehead atoms. The predicted octanol–water partition coefficient (Wildman–Crippen LogP) is 3.67. The first kappa shape index (κ1) is 12.9. The minimum absolute atomic E-state index is 0.948. The van der Waals surface area contributed by atoms with Crippen LogP contribution < -0.4 is 0 Å². The summed E-state index contributed by atoms with van der Waals surface area (Å²) in [5.74, 6) is 0. The van der Waals surface area contributed by atoms with Crippen LogP contribution in [0.1, 0.15) is 22.4 Å². The van der Waals surface area contributed by atoms with Crippen molar-refractivity contribution in [3.8, 4) is 11.3 Å². The van der Waals surface area contributed by atoms with Gasteiger partial charge in [-0.2, -0.15) is 0 Å². The second-order valence-corrected chi connectivity index (χ2v) is 5.41. The molecule has 2 aromatic rings. The van der Waals surface area contributed by atoms with Crippen molar-refractivity contribution in [2.45, 2.75) is 27.3 Å². The second kappa shape index (κ2) is 4.99. The fourth-order valence-electron chi connectivity index (χ4n) is 2.62. The van der Waals surface area contributed by atoms with E-state index in [1.54, 1.807) is 0 Å². The number of aryl methyl sites for hydroxylation is 3. The zero-order valence-corrected chi connectivity index (χ0v) is 12.0. The van der Waals surface area contributed by atoms with Gasteiger partial charge in [-0.15, -0.1) is 0 Å². The van der Waals surface area contributed by atoms with Gasteiger partial charge in [0.2, 0.25) is 0 Å². The van der Waals surface area contributed by atoms with Crippen molar-refractivity contribution < 1.29 is 0 Å². The van der Waals surface area contributed by atoms with E-state index >= 15 is 0 Å². The lowest BCUT2D eigenvalue weighted by Crippen LogP contribution is -2.10. The van der Waals surface area contributed by atoms with Gasteiger partial charge < -0.3 is 9.88 Å². The predicted molar refractivity (Wildman–Crippen MR) is 77.8 cm³/mol. The number of rotatable bonds is 3. The Hall–Kier alpha value is -1.54. The largest absolute Gasteiger partial charge is 0.357 e. The molecule has 18 heavy (non-hydrogen) atoms. The van der Waals surface area contributed by atoms with Gasteiger partial charge in [-0.1, -0.05) is 17.7 Å². The van der Waals surface area contributed by atoms with Gasteiger partial charge in [0, 0.05) is 23.5 Å². The fraction of sp³-hybridized carbons (Fsp3) is 0.375. The Labute approximate surface area is 110 Å². The van der Waals surface area contributed by atoms with Crippen molar-refractivity contribution in [2.75, 3.05) is 14.1 Å². The summed E-state index contributed by atoms with van der Waals surface area (Å²) in [6.45, 7) is 7.46. The van der Waals surface area contributed by atoms with Crippen LogP contribution in [0.3, 0.4) is 0 Å². The van der Waals surface area contributed by atoms with E-state index < -0.39 is 0 Å². The molecule has 0 aliphatic heterocycles. The van der Waals surface area contributed by atoms with Crippen molar-refractivity contribution in [1.82, 2.24) is 9.88 Å². The highest BCUT2D eigenvalue weighted by molar-refractivity contribution is 5.68. The Morgan fingerprint density at radius 2 is 1.61 bits per heavy atom. The van der Waals surface area contributed by atoms with Gasteiger partial charge in [0.05, 0.1) is 0 Å². The van der Waals surface area contributed by atoms with Crippen molar-refractivity contribution >= 4 is 0 Å². The summed E-state index contributed by atoms with van der Waals surface area (Å²) in [6.07, 6.45) is 0. The molecule has 1 aromatic heterocycles. The topological polar surface area (TPSA) is 19.0 Å². The van der Waals surface area contributed by atoms with Crippen LogP contribution in [0.2, 0.25) is 0 Å². The molecule has 0 atom stereocenters. The van der Waals surface area contributed by atoms with Crippen LogP contribution in [-0.4, -0.2) is 24.0 Å². The maximum atomic E-state index is 3.52. The van der Waals surface area contributed by atoms with Gasteiger partial charge in [-0.3, -0.25) is 0 Å². The van der Waals surface area contributed by atoms with Gasteiger partial charge in [-0.25, -0.2) is 0 Å². The minimum atomic E-state index is 0.948.